The number of anilines is 1. The highest BCUT2D eigenvalue weighted by Crippen LogP contribution is 2.38. The van der Waals surface area contributed by atoms with Gasteiger partial charge in [0, 0.05) is 11.5 Å². The van der Waals surface area contributed by atoms with Gasteiger partial charge in [0.25, 0.3) is 6.01 Å². The van der Waals surface area contributed by atoms with E-state index in [1.54, 1.807) is 7.11 Å². The highest BCUT2D eigenvalue weighted by molar-refractivity contribution is 5.72. The topological polar surface area (TPSA) is 61.3 Å². The second-order valence-corrected chi connectivity index (χ2v) is 5.08. The molecule has 0 unspecified atom stereocenters. The van der Waals surface area contributed by atoms with Gasteiger partial charge in [0.2, 0.25) is 0 Å². The van der Waals surface area contributed by atoms with Gasteiger partial charge in [-0.15, -0.1) is 0 Å². The largest absolute Gasteiger partial charge is 0.496 e. The summed E-state index contributed by atoms with van der Waals surface area (Å²) in [7, 11) is 1.67. The maximum absolute atomic E-state index is 5.70. The molecule has 4 heteroatoms. The number of nitrogen functional groups attached to an aromatic ring is 1. The van der Waals surface area contributed by atoms with Gasteiger partial charge >= 0.3 is 0 Å². The predicted octanol–water partition coefficient (Wildman–Crippen LogP) is 3.67. The molecule has 1 aromatic heterocycles. The third kappa shape index (κ3) is 2.43. The average Bonchev–Trinajstić information content (AvgIpc) is 2.70. The van der Waals surface area contributed by atoms with Crippen LogP contribution in [0, 0.1) is 13.8 Å². The van der Waals surface area contributed by atoms with Crippen molar-refractivity contribution in [2.45, 2.75) is 33.6 Å². The fraction of sp³-hybridized carbons (Fsp3) is 0.400. The first-order valence-corrected chi connectivity index (χ1v) is 6.35. The summed E-state index contributed by atoms with van der Waals surface area (Å²) in [5.41, 5.74) is 9.65. The first-order chi connectivity index (χ1) is 8.93. The molecule has 0 saturated heterocycles. The molecule has 0 amide bonds. The molecule has 0 fully saturated rings. The van der Waals surface area contributed by atoms with Crippen molar-refractivity contribution in [3.63, 3.8) is 0 Å². The van der Waals surface area contributed by atoms with E-state index in [4.69, 9.17) is 14.9 Å². The normalized spacial score (nSPS) is 11.1. The molecule has 4 nitrogen and oxygen atoms in total. The molecule has 1 aromatic carbocycles. The van der Waals surface area contributed by atoms with E-state index >= 15 is 0 Å². The van der Waals surface area contributed by atoms with Crippen LogP contribution in [0.25, 0.3) is 11.3 Å². The summed E-state index contributed by atoms with van der Waals surface area (Å²) in [6.07, 6.45) is 0. The minimum atomic E-state index is 0.194. The lowest BCUT2D eigenvalue weighted by molar-refractivity contribution is 0.413. The second kappa shape index (κ2) is 4.96. The molecule has 2 N–H and O–H groups in total. The van der Waals surface area contributed by atoms with E-state index in [0.717, 1.165) is 33.9 Å². The molecule has 0 aliphatic rings. The molecule has 1 heterocycles. The van der Waals surface area contributed by atoms with Crippen LogP contribution < -0.4 is 10.5 Å². The molecule has 102 valence electrons. The molecule has 0 aliphatic heterocycles. The van der Waals surface area contributed by atoms with Gasteiger partial charge in [-0.1, -0.05) is 19.9 Å². The number of rotatable bonds is 3. The lowest BCUT2D eigenvalue weighted by Crippen LogP contribution is -1.96. The summed E-state index contributed by atoms with van der Waals surface area (Å²) in [6, 6.07) is 4.33. The van der Waals surface area contributed by atoms with E-state index in [2.05, 4.69) is 37.9 Å². The van der Waals surface area contributed by atoms with Crippen molar-refractivity contribution in [1.82, 2.24) is 4.98 Å². The van der Waals surface area contributed by atoms with Gasteiger partial charge in [-0.25, -0.2) is 0 Å². The smallest absolute Gasteiger partial charge is 0.292 e. The van der Waals surface area contributed by atoms with Gasteiger partial charge in [0.15, 0.2) is 0 Å². The lowest BCUT2D eigenvalue weighted by Gasteiger charge is -2.12. The number of oxazole rings is 1. The maximum Gasteiger partial charge on any atom is 0.292 e. The van der Waals surface area contributed by atoms with Gasteiger partial charge in [0.1, 0.15) is 17.2 Å². The SMILES string of the molecule is COc1c(C)cc(C)cc1-c1nc(N)oc1C(C)C. The first-order valence-electron chi connectivity index (χ1n) is 6.35. The third-order valence-electron chi connectivity index (χ3n) is 3.07. The number of nitrogens with two attached hydrogens (primary N) is 1. The van der Waals surface area contributed by atoms with E-state index < -0.39 is 0 Å². The van der Waals surface area contributed by atoms with Crippen molar-refractivity contribution < 1.29 is 9.15 Å². The Morgan fingerprint density at radius 3 is 2.53 bits per heavy atom. The number of methoxy groups -OCH3 is 1. The van der Waals surface area contributed by atoms with Crippen molar-refractivity contribution in [3.8, 4) is 17.0 Å². The fourth-order valence-electron chi connectivity index (χ4n) is 2.33. The number of nitrogens with zero attached hydrogens (tertiary/aromatic N) is 1. The Bertz CT molecular complexity index is 600. The number of benzene rings is 1. The van der Waals surface area contributed by atoms with Crippen molar-refractivity contribution in [2.75, 3.05) is 12.8 Å². The third-order valence-corrected chi connectivity index (χ3v) is 3.07. The highest BCUT2D eigenvalue weighted by Gasteiger charge is 2.21. The van der Waals surface area contributed by atoms with Crippen LogP contribution in [0.5, 0.6) is 5.75 Å². The Morgan fingerprint density at radius 1 is 1.26 bits per heavy atom. The number of hydrogen-bond donors (Lipinski definition) is 1. The molecule has 2 rings (SSSR count). The van der Waals surface area contributed by atoms with Crippen LogP contribution in [0.15, 0.2) is 16.5 Å². The van der Waals surface area contributed by atoms with Crippen LogP contribution in [-0.2, 0) is 0 Å². The van der Waals surface area contributed by atoms with E-state index in [-0.39, 0.29) is 11.9 Å². The van der Waals surface area contributed by atoms with E-state index in [1.165, 1.54) is 0 Å². The summed E-state index contributed by atoms with van der Waals surface area (Å²) in [5.74, 6) is 1.83. The number of aromatic nitrogens is 1. The maximum atomic E-state index is 5.70. The lowest BCUT2D eigenvalue weighted by atomic mass is 9.99. The quantitative estimate of drug-likeness (QED) is 0.914. The number of ether oxygens (including phenoxy) is 1. The fourth-order valence-corrected chi connectivity index (χ4v) is 2.33. The molecule has 0 saturated carbocycles. The Balaban J connectivity index is 2.71. The zero-order chi connectivity index (χ0) is 14.2. The van der Waals surface area contributed by atoms with Crippen molar-refractivity contribution in [3.05, 3.63) is 29.0 Å². The molecular weight excluding hydrogens is 240 g/mol. The van der Waals surface area contributed by atoms with Crippen LogP contribution >= 0.6 is 0 Å². The van der Waals surface area contributed by atoms with E-state index in [9.17, 15) is 0 Å². The van der Waals surface area contributed by atoms with Gasteiger partial charge < -0.3 is 14.9 Å². The average molecular weight is 260 g/mol. The standard InChI is InChI=1S/C15H20N2O2/c1-8(2)13-12(17-15(16)19-13)11-7-9(3)6-10(4)14(11)18-5/h6-8H,1-5H3,(H2,16,17). The van der Waals surface area contributed by atoms with Gasteiger partial charge in [-0.3, -0.25) is 0 Å². The molecule has 0 spiro atoms. The minimum absolute atomic E-state index is 0.194. The van der Waals surface area contributed by atoms with Gasteiger partial charge in [0.05, 0.1) is 7.11 Å². The van der Waals surface area contributed by atoms with E-state index in [1.807, 2.05) is 6.92 Å². The molecule has 19 heavy (non-hydrogen) atoms. The van der Waals surface area contributed by atoms with Gasteiger partial charge in [-0.05, 0) is 31.0 Å². The molecule has 0 radical (unpaired) electrons. The number of aryl methyl sites for hydroxylation is 2. The Morgan fingerprint density at radius 2 is 1.95 bits per heavy atom. The van der Waals surface area contributed by atoms with Crippen molar-refractivity contribution >= 4 is 6.01 Å². The molecule has 2 aromatic rings. The van der Waals surface area contributed by atoms with Crippen LogP contribution in [0.1, 0.15) is 36.7 Å². The molecule has 0 atom stereocenters. The summed E-state index contributed by atoms with van der Waals surface area (Å²) in [6.45, 7) is 8.18. The van der Waals surface area contributed by atoms with Crippen molar-refractivity contribution in [1.29, 1.82) is 0 Å². The zero-order valence-electron chi connectivity index (χ0n) is 12.1. The Labute approximate surface area is 113 Å². The van der Waals surface area contributed by atoms with Crippen LogP contribution in [0.3, 0.4) is 0 Å². The van der Waals surface area contributed by atoms with Crippen LogP contribution in [0.4, 0.5) is 6.01 Å². The second-order valence-electron chi connectivity index (χ2n) is 5.08. The summed E-state index contributed by atoms with van der Waals surface area (Å²) in [4.78, 5) is 4.32. The Hall–Kier alpha value is -1.97. The zero-order valence-corrected chi connectivity index (χ0v) is 12.1. The molecule has 0 aliphatic carbocycles. The Kier molecular flexibility index (Phi) is 3.51. The molecular formula is C15H20N2O2. The first kappa shape index (κ1) is 13.5. The highest BCUT2D eigenvalue weighted by atomic mass is 16.5. The van der Waals surface area contributed by atoms with Gasteiger partial charge in [-0.2, -0.15) is 4.98 Å². The molecule has 0 bridgehead atoms. The van der Waals surface area contributed by atoms with Crippen LogP contribution in [0.2, 0.25) is 0 Å². The van der Waals surface area contributed by atoms with Crippen LogP contribution in [-0.4, -0.2) is 12.1 Å². The number of hydrogen-bond acceptors (Lipinski definition) is 4. The summed E-state index contributed by atoms with van der Waals surface area (Å²) in [5, 5.41) is 0. The van der Waals surface area contributed by atoms with Crippen molar-refractivity contribution in [2.24, 2.45) is 0 Å². The minimum Gasteiger partial charge on any atom is -0.496 e. The van der Waals surface area contributed by atoms with E-state index in [0.29, 0.717) is 0 Å². The summed E-state index contributed by atoms with van der Waals surface area (Å²) < 4.78 is 11.0. The monoisotopic (exact) mass is 260 g/mol. The summed E-state index contributed by atoms with van der Waals surface area (Å²) >= 11 is 0. The predicted molar refractivity (Wildman–Crippen MR) is 76.5 cm³/mol.